The van der Waals surface area contributed by atoms with Crippen LogP contribution in [0.4, 0.5) is 5.69 Å². The number of aryl methyl sites for hydroxylation is 1. The van der Waals surface area contributed by atoms with Gasteiger partial charge in [-0.3, -0.25) is 14.4 Å². The lowest BCUT2D eigenvalue weighted by atomic mass is 10.0. The van der Waals surface area contributed by atoms with E-state index in [1.807, 2.05) is 52.1 Å². The molecular formula is C32H41N3O6S. The maximum atomic E-state index is 13.5. The Morgan fingerprint density at radius 3 is 2.45 bits per heavy atom. The number of carbonyl (C=O) groups excluding carboxylic acids is 1. The number of rotatable bonds is 10. The van der Waals surface area contributed by atoms with Crippen LogP contribution in [0.3, 0.4) is 0 Å². The Morgan fingerprint density at radius 2 is 1.81 bits per heavy atom. The summed E-state index contributed by atoms with van der Waals surface area (Å²) in [4.78, 5) is 17.5. The zero-order valence-electron chi connectivity index (χ0n) is 24.9. The van der Waals surface area contributed by atoms with Gasteiger partial charge >= 0.3 is 0 Å². The van der Waals surface area contributed by atoms with E-state index >= 15 is 0 Å². The predicted molar refractivity (Wildman–Crippen MR) is 163 cm³/mol. The molecule has 1 aliphatic rings. The Kier molecular flexibility index (Phi) is 10.1. The SMILES string of the molecule is COc1ccc(CN(C)C[C@H]2Oc3ccc(NS(=O)(=O)c4ccc(C)cc4)cc3CC(=O)N([C@@H](C)CO)C[C@@H]2C)cc1. The standard InChI is InChI=1S/C32H41N3O6S/c1-22-6-13-29(14-7-22)42(38,39)33-27-10-15-30-26(16-27)17-32(37)35(24(3)21-36)18-23(2)31(41-30)20-34(4)19-25-8-11-28(40-5)12-9-25/h6-16,23-24,31,33,36H,17-21H2,1-5H3/t23-,24-,31+/m0/s1. The fraction of sp³-hybridized carbons (Fsp3) is 0.406. The quantitative estimate of drug-likeness (QED) is 0.364. The summed E-state index contributed by atoms with van der Waals surface area (Å²) in [7, 11) is -0.160. The van der Waals surface area contributed by atoms with Crippen LogP contribution in [0.5, 0.6) is 11.5 Å². The van der Waals surface area contributed by atoms with Gasteiger partial charge in [-0.25, -0.2) is 8.42 Å². The van der Waals surface area contributed by atoms with Crippen molar-refractivity contribution in [2.75, 3.05) is 38.6 Å². The lowest BCUT2D eigenvalue weighted by Crippen LogP contribution is -2.47. The Hall–Kier alpha value is -3.60. The van der Waals surface area contributed by atoms with Gasteiger partial charge in [0.05, 0.1) is 31.1 Å². The number of ether oxygens (including phenoxy) is 2. The number of likely N-dealkylation sites (N-methyl/N-ethyl adjacent to an activating group) is 1. The minimum Gasteiger partial charge on any atom is -0.497 e. The number of aliphatic hydroxyl groups excluding tert-OH is 1. The van der Waals surface area contributed by atoms with E-state index in [1.165, 1.54) is 0 Å². The molecule has 0 radical (unpaired) electrons. The average Bonchev–Trinajstić information content (AvgIpc) is 3.00. The molecule has 0 fully saturated rings. The van der Waals surface area contributed by atoms with Crippen LogP contribution >= 0.6 is 0 Å². The van der Waals surface area contributed by atoms with E-state index in [0.29, 0.717) is 36.6 Å². The minimum atomic E-state index is -3.83. The van der Waals surface area contributed by atoms with Gasteiger partial charge in [0.2, 0.25) is 5.91 Å². The number of sulfonamides is 1. The molecule has 0 aliphatic carbocycles. The molecule has 1 amide bonds. The van der Waals surface area contributed by atoms with Gasteiger partial charge in [0.1, 0.15) is 17.6 Å². The van der Waals surface area contributed by atoms with Gasteiger partial charge in [-0.05, 0) is 68.9 Å². The molecule has 0 aromatic heterocycles. The minimum absolute atomic E-state index is 0.0148. The highest BCUT2D eigenvalue weighted by Crippen LogP contribution is 2.30. The third kappa shape index (κ3) is 7.81. The molecule has 3 atom stereocenters. The largest absolute Gasteiger partial charge is 0.497 e. The number of amides is 1. The van der Waals surface area contributed by atoms with Crippen molar-refractivity contribution in [3.63, 3.8) is 0 Å². The monoisotopic (exact) mass is 595 g/mol. The number of aliphatic hydroxyl groups is 1. The summed E-state index contributed by atoms with van der Waals surface area (Å²) >= 11 is 0. The Bertz CT molecular complexity index is 1460. The third-order valence-corrected chi connectivity index (χ3v) is 9.00. The van der Waals surface area contributed by atoms with Gasteiger partial charge in [0.25, 0.3) is 10.0 Å². The average molecular weight is 596 g/mol. The second-order valence-corrected chi connectivity index (χ2v) is 12.9. The Balaban J connectivity index is 1.61. The number of nitrogens with one attached hydrogen (secondary N) is 1. The highest BCUT2D eigenvalue weighted by Gasteiger charge is 2.31. The molecule has 10 heteroatoms. The molecule has 0 saturated carbocycles. The number of hydrogen-bond donors (Lipinski definition) is 2. The first-order valence-corrected chi connectivity index (χ1v) is 15.6. The molecule has 42 heavy (non-hydrogen) atoms. The number of nitrogens with zero attached hydrogens (tertiary/aromatic N) is 2. The van der Waals surface area contributed by atoms with Gasteiger partial charge in [-0.1, -0.05) is 36.8 Å². The summed E-state index contributed by atoms with van der Waals surface area (Å²) in [5, 5.41) is 9.91. The Morgan fingerprint density at radius 1 is 1.12 bits per heavy atom. The maximum absolute atomic E-state index is 13.5. The highest BCUT2D eigenvalue weighted by atomic mass is 32.2. The van der Waals surface area contributed by atoms with Crippen LogP contribution < -0.4 is 14.2 Å². The lowest BCUT2D eigenvalue weighted by molar-refractivity contribution is -0.134. The molecule has 0 bridgehead atoms. The summed E-state index contributed by atoms with van der Waals surface area (Å²) < 4.78 is 40.6. The highest BCUT2D eigenvalue weighted by molar-refractivity contribution is 7.92. The van der Waals surface area contributed by atoms with Gasteiger partial charge in [-0.15, -0.1) is 0 Å². The normalized spacial score (nSPS) is 18.4. The van der Waals surface area contributed by atoms with Crippen molar-refractivity contribution in [2.24, 2.45) is 5.92 Å². The van der Waals surface area contributed by atoms with E-state index in [4.69, 9.17) is 9.47 Å². The molecule has 9 nitrogen and oxygen atoms in total. The number of anilines is 1. The zero-order chi connectivity index (χ0) is 30.4. The van der Waals surface area contributed by atoms with Gasteiger partial charge in [0.15, 0.2) is 0 Å². The number of methoxy groups -OCH3 is 1. The predicted octanol–water partition coefficient (Wildman–Crippen LogP) is 4.09. The summed E-state index contributed by atoms with van der Waals surface area (Å²) in [5.74, 6) is 1.13. The molecule has 2 N–H and O–H groups in total. The second-order valence-electron chi connectivity index (χ2n) is 11.2. The molecule has 0 spiro atoms. The van der Waals surface area contributed by atoms with Crippen molar-refractivity contribution < 1.29 is 27.8 Å². The molecule has 4 rings (SSSR count). The van der Waals surface area contributed by atoms with Crippen LogP contribution in [-0.2, 0) is 27.8 Å². The number of fused-ring (bicyclic) bond motifs is 1. The summed E-state index contributed by atoms with van der Waals surface area (Å²) in [6.45, 7) is 7.30. The van der Waals surface area contributed by atoms with Crippen LogP contribution in [0.25, 0.3) is 0 Å². The van der Waals surface area contributed by atoms with Crippen molar-refractivity contribution in [1.82, 2.24) is 9.80 Å². The van der Waals surface area contributed by atoms with Crippen LogP contribution in [0.15, 0.2) is 71.6 Å². The van der Waals surface area contributed by atoms with Crippen LogP contribution in [-0.4, -0.2) is 75.2 Å². The molecular weight excluding hydrogens is 554 g/mol. The molecule has 3 aromatic carbocycles. The third-order valence-electron chi connectivity index (χ3n) is 7.60. The van der Waals surface area contributed by atoms with E-state index in [9.17, 15) is 18.3 Å². The summed E-state index contributed by atoms with van der Waals surface area (Å²) in [5.41, 5.74) is 3.01. The van der Waals surface area contributed by atoms with Crippen molar-refractivity contribution in [3.8, 4) is 11.5 Å². The van der Waals surface area contributed by atoms with Crippen molar-refractivity contribution >= 4 is 21.6 Å². The molecule has 0 saturated heterocycles. The topological polar surface area (TPSA) is 108 Å². The maximum Gasteiger partial charge on any atom is 0.261 e. The van der Waals surface area contributed by atoms with E-state index in [1.54, 1.807) is 54.5 Å². The number of hydrogen-bond acceptors (Lipinski definition) is 7. The molecule has 0 unspecified atom stereocenters. The van der Waals surface area contributed by atoms with Crippen molar-refractivity contribution in [2.45, 2.75) is 50.8 Å². The van der Waals surface area contributed by atoms with E-state index in [0.717, 1.165) is 16.9 Å². The molecule has 1 aliphatic heterocycles. The summed E-state index contributed by atoms with van der Waals surface area (Å²) in [6.07, 6.45) is -0.262. The summed E-state index contributed by atoms with van der Waals surface area (Å²) in [6, 6.07) is 19.2. The fourth-order valence-corrected chi connectivity index (χ4v) is 6.11. The zero-order valence-corrected chi connectivity index (χ0v) is 25.7. The first-order chi connectivity index (χ1) is 20.0. The molecule has 1 heterocycles. The first kappa shape index (κ1) is 31.3. The van der Waals surface area contributed by atoms with E-state index in [2.05, 4.69) is 9.62 Å². The smallest absolute Gasteiger partial charge is 0.261 e. The Labute approximate surface area is 249 Å². The van der Waals surface area contributed by atoms with E-state index < -0.39 is 10.0 Å². The van der Waals surface area contributed by atoms with Crippen LogP contribution in [0, 0.1) is 12.8 Å². The van der Waals surface area contributed by atoms with Crippen molar-refractivity contribution in [1.29, 1.82) is 0 Å². The van der Waals surface area contributed by atoms with Crippen molar-refractivity contribution in [3.05, 3.63) is 83.4 Å². The van der Waals surface area contributed by atoms with Crippen LogP contribution in [0.2, 0.25) is 0 Å². The van der Waals surface area contributed by atoms with Crippen LogP contribution in [0.1, 0.15) is 30.5 Å². The lowest BCUT2D eigenvalue weighted by Gasteiger charge is -2.34. The van der Waals surface area contributed by atoms with Gasteiger partial charge < -0.3 is 19.5 Å². The molecule has 3 aromatic rings. The van der Waals surface area contributed by atoms with E-state index in [-0.39, 0.29) is 41.9 Å². The molecule has 226 valence electrons. The second kappa shape index (κ2) is 13.6. The van der Waals surface area contributed by atoms with Gasteiger partial charge in [0, 0.05) is 36.8 Å². The fourth-order valence-electron chi connectivity index (χ4n) is 5.06. The first-order valence-electron chi connectivity index (χ1n) is 14.1. The number of benzene rings is 3. The van der Waals surface area contributed by atoms with Gasteiger partial charge in [-0.2, -0.15) is 0 Å². The number of carbonyl (C=O) groups is 1.